The molecule has 1 saturated heterocycles. The molecule has 2 N–H and O–H groups in total. The molecule has 1 amide bonds. The summed E-state index contributed by atoms with van der Waals surface area (Å²) in [5.41, 5.74) is 3.08. The predicted octanol–water partition coefficient (Wildman–Crippen LogP) is 2.22. The van der Waals surface area contributed by atoms with Crippen molar-refractivity contribution < 1.29 is 38.4 Å². The Morgan fingerprint density at radius 2 is 1.88 bits per heavy atom. The topological polar surface area (TPSA) is 151 Å². The first-order chi connectivity index (χ1) is 20.0. The molecule has 42 heavy (non-hydrogen) atoms. The number of hydrogen-bond acceptors (Lipinski definition) is 11. The number of piperazine rings is 1. The first-order valence-corrected chi connectivity index (χ1v) is 13.7. The van der Waals surface area contributed by atoms with E-state index in [2.05, 4.69) is 11.4 Å². The third-order valence-corrected chi connectivity index (χ3v) is 8.93. The minimum absolute atomic E-state index is 0.0435. The first kappa shape index (κ1) is 27.8. The van der Waals surface area contributed by atoms with Gasteiger partial charge < -0.3 is 29.4 Å². The van der Waals surface area contributed by atoms with E-state index >= 15 is 0 Å². The summed E-state index contributed by atoms with van der Waals surface area (Å²) in [5.74, 6) is -0.341. The molecule has 1 fully saturated rings. The van der Waals surface area contributed by atoms with E-state index < -0.39 is 35.9 Å². The number of phenolic OH excluding ortho intramolecular Hbond substituents is 1. The number of Topliss-reactive ketones (excluding diaryl/α,β-unsaturated/α-hetero) is 1. The molecule has 0 saturated carbocycles. The standard InChI is InChI=1S/C30H32N4O8/c1-12-7-16-8-17-18(9-31)34-19(10-32-14(3)35)21-22(28(42-15(4)36)13(2)29-30(21)41-11-40-29)25(37)24(34)23(33(17)5)20(16)26(38)27(12)39-6/h7,17-19,23-24,38H,8,10-11H2,1-6H3,(H,32,35)/t17-,18-,19-,23+,24-/m0/s1. The number of carbonyl (C=O) groups is 3. The zero-order valence-electron chi connectivity index (χ0n) is 24.2. The van der Waals surface area contributed by atoms with Crippen LogP contribution in [0.15, 0.2) is 6.07 Å². The van der Waals surface area contributed by atoms with Gasteiger partial charge in [0.2, 0.25) is 12.7 Å². The van der Waals surface area contributed by atoms with Crippen molar-refractivity contribution in [1.29, 1.82) is 5.26 Å². The molecule has 5 atom stereocenters. The zero-order valence-corrected chi connectivity index (χ0v) is 24.2. The van der Waals surface area contributed by atoms with Gasteiger partial charge in [0, 0.05) is 43.1 Å². The Bertz CT molecular complexity index is 1600. The van der Waals surface area contributed by atoms with E-state index in [4.69, 9.17) is 18.9 Å². The molecular weight excluding hydrogens is 544 g/mol. The fourth-order valence-electron chi connectivity index (χ4n) is 7.33. The van der Waals surface area contributed by atoms with Crippen LogP contribution in [0.5, 0.6) is 28.7 Å². The SMILES string of the molecule is COc1c(C)cc2c(c1O)[C@@H]1[C@H]3C(=O)c4c(OC(C)=O)c(C)c5c(c4[C@H](CNC(C)=O)N3[C@@H](C#N)[C@H](C2)N1C)OCO5. The van der Waals surface area contributed by atoms with Crippen molar-refractivity contribution in [1.82, 2.24) is 15.1 Å². The molecule has 0 aromatic heterocycles. The first-order valence-electron chi connectivity index (χ1n) is 13.7. The predicted molar refractivity (Wildman–Crippen MR) is 147 cm³/mol. The maximum Gasteiger partial charge on any atom is 0.308 e. The van der Waals surface area contributed by atoms with E-state index in [-0.39, 0.29) is 42.3 Å². The second-order valence-electron chi connectivity index (χ2n) is 11.2. The van der Waals surface area contributed by atoms with Gasteiger partial charge in [0.05, 0.1) is 36.9 Å². The molecule has 0 spiro atoms. The van der Waals surface area contributed by atoms with E-state index in [9.17, 15) is 24.8 Å². The van der Waals surface area contributed by atoms with Gasteiger partial charge in [-0.15, -0.1) is 0 Å². The van der Waals surface area contributed by atoms with E-state index in [0.717, 1.165) is 11.1 Å². The highest BCUT2D eigenvalue weighted by Gasteiger charge is 2.60. The molecular formula is C30H32N4O8. The lowest BCUT2D eigenvalue weighted by atomic mass is 9.71. The quantitative estimate of drug-likeness (QED) is 0.407. The Morgan fingerprint density at radius 3 is 2.52 bits per heavy atom. The summed E-state index contributed by atoms with van der Waals surface area (Å²) in [4.78, 5) is 43.2. The summed E-state index contributed by atoms with van der Waals surface area (Å²) >= 11 is 0. The molecule has 2 aromatic rings. The second kappa shape index (κ2) is 9.89. The Balaban J connectivity index is 1.67. The maximum atomic E-state index is 14.9. The van der Waals surface area contributed by atoms with Crippen LogP contribution in [-0.2, 0) is 16.0 Å². The number of ether oxygens (including phenoxy) is 4. The van der Waals surface area contributed by atoms with Crippen LogP contribution in [0.25, 0.3) is 0 Å². The summed E-state index contributed by atoms with van der Waals surface area (Å²) in [6, 6.07) is 0.860. The molecule has 0 radical (unpaired) electrons. The molecule has 4 heterocycles. The highest BCUT2D eigenvalue weighted by atomic mass is 16.7. The molecule has 6 rings (SSSR count). The van der Waals surface area contributed by atoms with Gasteiger partial charge in [-0.3, -0.25) is 24.2 Å². The van der Waals surface area contributed by atoms with Crippen molar-refractivity contribution in [3.05, 3.63) is 39.4 Å². The second-order valence-corrected chi connectivity index (χ2v) is 11.2. The maximum absolute atomic E-state index is 14.9. The Kier molecular flexibility index (Phi) is 6.55. The van der Waals surface area contributed by atoms with Crippen molar-refractivity contribution in [3.63, 3.8) is 0 Å². The molecule has 2 bridgehead atoms. The van der Waals surface area contributed by atoms with Crippen LogP contribution >= 0.6 is 0 Å². The number of methoxy groups -OCH3 is 1. The number of nitrogens with one attached hydrogen (secondary N) is 1. The Morgan fingerprint density at radius 1 is 1.17 bits per heavy atom. The lowest BCUT2D eigenvalue weighted by Crippen LogP contribution is -2.70. The van der Waals surface area contributed by atoms with Crippen LogP contribution in [0, 0.1) is 25.2 Å². The fraction of sp³-hybridized carbons (Fsp3) is 0.467. The van der Waals surface area contributed by atoms with Gasteiger partial charge in [-0.25, -0.2) is 0 Å². The number of aromatic hydroxyl groups is 1. The van der Waals surface area contributed by atoms with Gasteiger partial charge in [-0.1, -0.05) is 6.07 Å². The van der Waals surface area contributed by atoms with E-state index in [1.54, 1.807) is 6.92 Å². The van der Waals surface area contributed by atoms with Crippen LogP contribution in [-0.4, -0.2) is 78.2 Å². The molecule has 4 aliphatic rings. The number of rotatable bonds is 4. The van der Waals surface area contributed by atoms with E-state index in [0.29, 0.717) is 40.4 Å². The number of ketones is 1. The van der Waals surface area contributed by atoms with Crippen LogP contribution in [0.1, 0.15) is 64.1 Å². The molecule has 12 heteroatoms. The number of phenols is 1. The molecule has 0 aliphatic carbocycles. The van der Waals surface area contributed by atoms with Gasteiger partial charge in [0.15, 0.2) is 28.8 Å². The average Bonchev–Trinajstić information content (AvgIpc) is 3.41. The Labute approximate surface area is 242 Å². The van der Waals surface area contributed by atoms with Crippen molar-refractivity contribution in [2.75, 3.05) is 27.5 Å². The highest BCUT2D eigenvalue weighted by molar-refractivity contribution is 6.08. The number of esters is 1. The number of nitrogens with zero attached hydrogens (tertiary/aromatic N) is 3. The van der Waals surface area contributed by atoms with Crippen molar-refractivity contribution >= 4 is 17.7 Å². The summed E-state index contributed by atoms with van der Waals surface area (Å²) in [6.45, 7) is 6.10. The molecule has 220 valence electrons. The number of nitriles is 1. The number of amides is 1. The molecule has 2 aromatic carbocycles. The van der Waals surface area contributed by atoms with E-state index in [1.807, 2.05) is 29.8 Å². The van der Waals surface area contributed by atoms with Crippen molar-refractivity contribution in [3.8, 4) is 34.8 Å². The molecule has 0 unspecified atom stereocenters. The van der Waals surface area contributed by atoms with Gasteiger partial charge >= 0.3 is 5.97 Å². The third-order valence-electron chi connectivity index (χ3n) is 8.93. The largest absolute Gasteiger partial charge is 0.504 e. The van der Waals surface area contributed by atoms with Gasteiger partial charge in [0.1, 0.15) is 11.8 Å². The summed E-state index contributed by atoms with van der Waals surface area (Å²) in [6.07, 6.45) is 0.445. The summed E-state index contributed by atoms with van der Waals surface area (Å²) < 4.78 is 22.9. The van der Waals surface area contributed by atoms with Crippen LogP contribution in [0.2, 0.25) is 0 Å². The average molecular weight is 577 g/mol. The zero-order chi connectivity index (χ0) is 30.2. The summed E-state index contributed by atoms with van der Waals surface area (Å²) in [7, 11) is 3.32. The third kappa shape index (κ3) is 3.77. The van der Waals surface area contributed by atoms with Crippen molar-refractivity contribution in [2.24, 2.45) is 0 Å². The molecule has 12 nitrogen and oxygen atoms in total. The minimum Gasteiger partial charge on any atom is -0.504 e. The smallest absolute Gasteiger partial charge is 0.308 e. The van der Waals surface area contributed by atoms with Crippen molar-refractivity contribution in [2.45, 2.75) is 64.3 Å². The minimum atomic E-state index is -0.992. The number of fused-ring (bicyclic) bond motifs is 9. The van der Waals surface area contributed by atoms with Crippen LogP contribution in [0.4, 0.5) is 0 Å². The van der Waals surface area contributed by atoms with E-state index in [1.165, 1.54) is 21.0 Å². The highest BCUT2D eigenvalue weighted by Crippen LogP contribution is 2.58. The lowest BCUT2D eigenvalue weighted by molar-refractivity contribution is -0.132. The normalized spacial score (nSPS) is 25.5. The number of aryl methyl sites for hydroxylation is 1. The lowest BCUT2D eigenvalue weighted by Gasteiger charge is -2.59. The monoisotopic (exact) mass is 576 g/mol. The Hall–Kier alpha value is -4.34. The number of benzene rings is 2. The number of likely N-dealkylation sites (N-methyl/N-ethyl adjacent to an activating group) is 1. The summed E-state index contributed by atoms with van der Waals surface area (Å²) in [5, 5.41) is 25.0. The molecule has 4 aliphatic heterocycles. The van der Waals surface area contributed by atoms with Gasteiger partial charge in [-0.2, -0.15) is 5.26 Å². The fourth-order valence-corrected chi connectivity index (χ4v) is 7.33. The number of hydrogen-bond donors (Lipinski definition) is 2. The van der Waals surface area contributed by atoms with Gasteiger partial charge in [0.25, 0.3) is 0 Å². The van der Waals surface area contributed by atoms with Crippen LogP contribution < -0.4 is 24.3 Å². The number of carbonyl (C=O) groups excluding carboxylic acids is 3. The van der Waals surface area contributed by atoms with Gasteiger partial charge in [-0.05, 0) is 38.4 Å². The van der Waals surface area contributed by atoms with Crippen LogP contribution in [0.3, 0.4) is 0 Å².